The van der Waals surface area contributed by atoms with Gasteiger partial charge in [-0.05, 0) is 35.0 Å². The molecule has 0 bridgehead atoms. The second-order valence-corrected chi connectivity index (χ2v) is 6.30. The van der Waals surface area contributed by atoms with Crippen molar-refractivity contribution in [3.63, 3.8) is 0 Å². The summed E-state index contributed by atoms with van der Waals surface area (Å²) in [7, 11) is 1.62. The Bertz CT molecular complexity index is 751. The molecule has 0 radical (unpaired) electrons. The zero-order chi connectivity index (χ0) is 14.1. The Hall–Kier alpha value is -1.36. The summed E-state index contributed by atoms with van der Waals surface area (Å²) >= 11 is 5.08. The summed E-state index contributed by atoms with van der Waals surface area (Å²) < 4.78 is 7.45. The molecule has 0 spiro atoms. The molecule has 0 amide bonds. The fourth-order valence-corrected chi connectivity index (χ4v) is 3.66. The Labute approximate surface area is 129 Å². The largest absolute Gasteiger partial charge is 0.496 e. The molecule has 0 saturated heterocycles. The van der Waals surface area contributed by atoms with Crippen molar-refractivity contribution in [1.82, 2.24) is 0 Å². The summed E-state index contributed by atoms with van der Waals surface area (Å²) in [5, 5.41) is 13.8. The number of hydrogen-bond acceptors (Lipinski definition) is 3. The SMILES string of the molecule is COc1ccc(Br)cc1C(O)c1csc2ccccc12. The predicted octanol–water partition coefficient (Wildman–Crippen LogP) is 4.75. The van der Waals surface area contributed by atoms with E-state index >= 15 is 0 Å². The smallest absolute Gasteiger partial charge is 0.125 e. The van der Waals surface area contributed by atoms with Gasteiger partial charge in [-0.1, -0.05) is 34.1 Å². The maximum Gasteiger partial charge on any atom is 0.125 e. The Kier molecular flexibility index (Phi) is 3.78. The first-order chi connectivity index (χ1) is 9.70. The third kappa shape index (κ3) is 2.35. The molecule has 1 atom stereocenters. The van der Waals surface area contributed by atoms with Gasteiger partial charge in [0.05, 0.1) is 7.11 Å². The summed E-state index contributed by atoms with van der Waals surface area (Å²) in [5.74, 6) is 0.691. The minimum absolute atomic E-state index is 0.691. The van der Waals surface area contributed by atoms with E-state index in [9.17, 15) is 5.11 Å². The number of halogens is 1. The number of aliphatic hydroxyl groups excluding tert-OH is 1. The third-order valence-corrected chi connectivity index (χ3v) is 4.77. The molecular formula is C16H13BrO2S. The van der Waals surface area contributed by atoms with Gasteiger partial charge in [0.15, 0.2) is 0 Å². The molecule has 3 rings (SSSR count). The van der Waals surface area contributed by atoms with Crippen LogP contribution in [0, 0.1) is 0 Å². The van der Waals surface area contributed by atoms with Crippen molar-refractivity contribution in [3.05, 3.63) is 63.4 Å². The maximum absolute atomic E-state index is 10.7. The predicted molar refractivity (Wildman–Crippen MR) is 86.6 cm³/mol. The topological polar surface area (TPSA) is 29.5 Å². The van der Waals surface area contributed by atoms with E-state index in [0.29, 0.717) is 5.75 Å². The van der Waals surface area contributed by atoms with Crippen molar-refractivity contribution < 1.29 is 9.84 Å². The Morgan fingerprint density at radius 2 is 1.95 bits per heavy atom. The van der Waals surface area contributed by atoms with Gasteiger partial charge in [0, 0.05) is 20.3 Å². The normalized spacial score (nSPS) is 12.6. The van der Waals surface area contributed by atoms with Crippen molar-refractivity contribution in [3.8, 4) is 5.75 Å². The van der Waals surface area contributed by atoms with Crippen LogP contribution in [0.15, 0.2) is 52.3 Å². The molecule has 102 valence electrons. The van der Waals surface area contributed by atoms with E-state index in [1.165, 1.54) is 4.70 Å². The van der Waals surface area contributed by atoms with Crippen LogP contribution in [0.2, 0.25) is 0 Å². The van der Waals surface area contributed by atoms with Crippen molar-refractivity contribution in [2.75, 3.05) is 7.11 Å². The molecule has 0 saturated carbocycles. The number of rotatable bonds is 3. The van der Waals surface area contributed by atoms with Crippen molar-refractivity contribution in [1.29, 1.82) is 0 Å². The van der Waals surface area contributed by atoms with Gasteiger partial charge in [0.1, 0.15) is 11.9 Å². The van der Waals surface area contributed by atoms with Gasteiger partial charge >= 0.3 is 0 Å². The molecule has 4 heteroatoms. The monoisotopic (exact) mass is 348 g/mol. The van der Waals surface area contributed by atoms with Gasteiger partial charge in [-0.15, -0.1) is 11.3 Å². The average molecular weight is 349 g/mol. The van der Waals surface area contributed by atoms with E-state index < -0.39 is 6.10 Å². The van der Waals surface area contributed by atoms with Crippen LogP contribution >= 0.6 is 27.3 Å². The van der Waals surface area contributed by atoms with Crippen molar-refractivity contribution >= 4 is 37.4 Å². The fourth-order valence-electron chi connectivity index (χ4n) is 2.30. The first-order valence-corrected chi connectivity index (χ1v) is 7.85. The number of hydrogen-bond donors (Lipinski definition) is 1. The van der Waals surface area contributed by atoms with Gasteiger partial charge < -0.3 is 9.84 Å². The second-order valence-electron chi connectivity index (χ2n) is 4.48. The first kappa shape index (κ1) is 13.6. The molecule has 0 aliphatic carbocycles. The van der Waals surface area contributed by atoms with E-state index in [4.69, 9.17) is 4.74 Å². The van der Waals surface area contributed by atoms with E-state index in [0.717, 1.165) is 21.0 Å². The molecule has 0 aliphatic heterocycles. The van der Waals surface area contributed by atoms with Gasteiger partial charge in [-0.2, -0.15) is 0 Å². The minimum Gasteiger partial charge on any atom is -0.496 e. The summed E-state index contributed by atoms with van der Waals surface area (Å²) in [5.41, 5.74) is 1.69. The van der Waals surface area contributed by atoms with Crippen LogP contribution in [-0.4, -0.2) is 12.2 Å². The van der Waals surface area contributed by atoms with Gasteiger partial charge in [-0.25, -0.2) is 0 Å². The summed E-state index contributed by atoms with van der Waals surface area (Å²) in [6.07, 6.45) is -0.696. The van der Waals surface area contributed by atoms with Crippen LogP contribution in [0.4, 0.5) is 0 Å². The third-order valence-electron chi connectivity index (χ3n) is 3.29. The highest BCUT2D eigenvalue weighted by Gasteiger charge is 2.19. The molecule has 2 nitrogen and oxygen atoms in total. The molecular weight excluding hydrogens is 336 g/mol. The summed E-state index contributed by atoms with van der Waals surface area (Å²) in [4.78, 5) is 0. The van der Waals surface area contributed by atoms with E-state index in [1.54, 1.807) is 18.4 Å². The maximum atomic E-state index is 10.7. The molecule has 1 N–H and O–H groups in total. The zero-order valence-corrected chi connectivity index (χ0v) is 13.2. The van der Waals surface area contributed by atoms with Crippen molar-refractivity contribution in [2.24, 2.45) is 0 Å². The highest BCUT2D eigenvalue weighted by atomic mass is 79.9. The number of ether oxygens (including phenoxy) is 1. The average Bonchev–Trinajstić information content (AvgIpc) is 2.90. The lowest BCUT2D eigenvalue weighted by Crippen LogP contribution is -2.01. The lowest BCUT2D eigenvalue weighted by molar-refractivity contribution is 0.216. The van der Waals surface area contributed by atoms with Crippen LogP contribution in [0.3, 0.4) is 0 Å². The second kappa shape index (κ2) is 5.56. The number of aliphatic hydroxyl groups is 1. The Morgan fingerprint density at radius 3 is 2.75 bits per heavy atom. The van der Waals surface area contributed by atoms with Crippen LogP contribution in [-0.2, 0) is 0 Å². The van der Waals surface area contributed by atoms with Gasteiger partial charge in [0.25, 0.3) is 0 Å². The van der Waals surface area contributed by atoms with Crippen LogP contribution in [0.1, 0.15) is 17.2 Å². The first-order valence-electron chi connectivity index (χ1n) is 6.18. The molecule has 3 aromatic rings. The summed E-state index contributed by atoms with van der Waals surface area (Å²) in [6.45, 7) is 0. The number of methoxy groups -OCH3 is 1. The van der Waals surface area contributed by atoms with Crippen LogP contribution in [0.5, 0.6) is 5.75 Å². The lowest BCUT2D eigenvalue weighted by Gasteiger charge is -2.15. The standard InChI is InChI=1S/C16H13BrO2S/c1-19-14-7-6-10(17)8-12(14)16(18)13-9-20-15-5-3-2-4-11(13)15/h2-9,16,18H,1H3. The van der Waals surface area contributed by atoms with Crippen LogP contribution < -0.4 is 4.74 Å². The number of fused-ring (bicyclic) bond motifs is 1. The Balaban J connectivity index is 2.13. The molecule has 0 aliphatic rings. The number of thiophene rings is 1. The molecule has 0 fully saturated rings. The minimum atomic E-state index is -0.696. The lowest BCUT2D eigenvalue weighted by atomic mass is 10.00. The molecule has 2 aromatic carbocycles. The van der Waals surface area contributed by atoms with Gasteiger partial charge in [-0.3, -0.25) is 0 Å². The van der Waals surface area contributed by atoms with E-state index in [2.05, 4.69) is 22.0 Å². The number of benzene rings is 2. The fraction of sp³-hybridized carbons (Fsp3) is 0.125. The van der Waals surface area contributed by atoms with E-state index in [-0.39, 0.29) is 0 Å². The highest BCUT2D eigenvalue weighted by molar-refractivity contribution is 9.10. The van der Waals surface area contributed by atoms with E-state index in [1.807, 2.05) is 41.8 Å². The Morgan fingerprint density at radius 1 is 1.15 bits per heavy atom. The zero-order valence-electron chi connectivity index (χ0n) is 10.8. The van der Waals surface area contributed by atoms with Gasteiger partial charge in [0.2, 0.25) is 0 Å². The molecule has 1 unspecified atom stereocenters. The van der Waals surface area contributed by atoms with Crippen LogP contribution in [0.25, 0.3) is 10.1 Å². The quantitative estimate of drug-likeness (QED) is 0.739. The van der Waals surface area contributed by atoms with Crippen molar-refractivity contribution in [2.45, 2.75) is 6.10 Å². The molecule has 1 aromatic heterocycles. The summed E-state index contributed by atoms with van der Waals surface area (Å²) in [6, 6.07) is 13.8. The highest BCUT2D eigenvalue weighted by Crippen LogP contribution is 2.37. The molecule has 20 heavy (non-hydrogen) atoms. The molecule has 1 heterocycles.